The van der Waals surface area contributed by atoms with Crippen LogP contribution in [0.5, 0.6) is 0 Å². The molecule has 130 valence electrons. The van der Waals surface area contributed by atoms with E-state index in [1.807, 2.05) is 12.1 Å². The van der Waals surface area contributed by atoms with E-state index in [1.54, 1.807) is 0 Å². The van der Waals surface area contributed by atoms with Crippen molar-refractivity contribution in [1.82, 2.24) is 4.98 Å². The minimum atomic E-state index is -0.359. The van der Waals surface area contributed by atoms with E-state index in [0.717, 1.165) is 17.5 Å². The fourth-order valence-electron chi connectivity index (χ4n) is 4.20. The van der Waals surface area contributed by atoms with Crippen molar-refractivity contribution in [2.45, 2.75) is 37.6 Å². The molecule has 0 aliphatic heterocycles. The van der Waals surface area contributed by atoms with Crippen LogP contribution in [0.3, 0.4) is 0 Å². The number of nitrogens with one attached hydrogen (secondary N) is 1. The number of aromatic amines is 1. The summed E-state index contributed by atoms with van der Waals surface area (Å²) >= 11 is 11.8. The first-order valence-electron chi connectivity index (χ1n) is 8.50. The van der Waals surface area contributed by atoms with Gasteiger partial charge in [-0.1, -0.05) is 43.4 Å². The Morgan fingerprint density at radius 2 is 2.20 bits per heavy atom. The minimum Gasteiger partial charge on any atom is -0.361 e. The maximum atomic E-state index is 6.80. The van der Waals surface area contributed by atoms with Crippen LogP contribution in [0.1, 0.15) is 31.7 Å². The molecular formula is C21H23ClN2S. The number of hydrogen-bond donors (Lipinski definition) is 1. The van der Waals surface area contributed by atoms with Crippen molar-refractivity contribution in [2.75, 3.05) is 0 Å². The molecule has 3 rings (SSSR count). The van der Waals surface area contributed by atoms with E-state index in [0.29, 0.717) is 0 Å². The van der Waals surface area contributed by atoms with Crippen LogP contribution in [0.15, 0.2) is 60.3 Å². The molecule has 1 aliphatic carbocycles. The van der Waals surface area contributed by atoms with Gasteiger partial charge in [-0.25, -0.2) is 4.99 Å². The largest absolute Gasteiger partial charge is 0.361 e. The lowest BCUT2D eigenvalue weighted by atomic mass is 9.59. The number of alkyl halides is 1. The highest BCUT2D eigenvalue weighted by atomic mass is 35.5. The molecule has 0 spiro atoms. The van der Waals surface area contributed by atoms with E-state index in [2.05, 4.69) is 66.5 Å². The van der Waals surface area contributed by atoms with E-state index in [4.69, 9.17) is 23.8 Å². The summed E-state index contributed by atoms with van der Waals surface area (Å²) in [6.45, 7) is 12.5. The van der Waals surface area contributed by atoms with Crippen LogP contribution in [-0.4, -0.2) is 21.6 Å². The van der Waals surface area contributed by atoms with Gasteiger partial charge in [0.05, 0.1) is 11.2 Å². The van der Waals surface area contributed by atoms with Crippen LogP contribution in [-0.2, 0) is 0 Å². The van der Waals surface area contributed by atoms with Gasteiger partial charge in [0.25, 0.3) is 0 Å². The second-order valence-electron chi connectivity index (χ2n) is 7.21. The molecule has 1 N–H and O–H groups in total. The minimum absolute atomic E-state index is 0.0785. The highest BCUT2D eigenvalue weighted by molar-refractivity contribution is 7.78. The fourth-order valence-corrected chi connectivity index (χ4v) is 4.73. The number of allylic oxidation sites excluding steroid dienone is 1. The first-order valence-corrected chi connectivity index (χ1v) is 9.34. The summed E-state index contributed by atoms with van der Waals surface area (Å²) in [7, 11) is 0. The standard InChI is InChI=1S/C21H23ClN2S/c1-5-21(4)18(22)10-15(13(2)3)19(20(21)24-12-25)16-11-23-17-9-7-6-8-14(16)17/h5-9,11,15,18-20,23H,1-2,10H2,3-4H3/t15-,18-,19+,20-,21+/m0/s1. The summed E-state index contributed by atoms with van der Waals surface area (Å²) in [6, 6.07) is 8.21. The monoisotopic (exact) mass is 370 g/mol. The molecule has 0 unspecified atom stereocenters. The summed E-state index contributed by atoms with van der Waals surface area (Å²) in [5.74, 6) is 0.355. The predicted molar refractivity (Wildman–Crippen MR) is 111 cm³/mol. The lowest BCUT2D eigenvalue weighted by molar-refractivity contribution is 0.179. The van der Waals surface area contributed by atoms with Gasteiger partial charge in [-0.3, -0.25) is 0 Å². The average molecular weight is 371 g/mol. The van der Waals surface area contributed by atoms with Gasteiger partial charge in [-0.2, -0.15) is 0 Å². The number of H-pyrrole nitrogens is 1. The predicted octanol–water partition coefficient (Wildman–Crippen LogP) is 6.12. The molecule has 25 heavy (non-hydrogen) atoms. The highest BCUT2D eigenvalue weighted by Gasteiger charge is 2.51. The van der Waals surface area contributed by atoms with Gasteiger partial charge in [0.1, 0.15) is 0 Å². The summed E-state index contributed by atoms with van der Waals surface area (Å²) in [5.41, 5.74) is 3.12. The summed E-state index contributed by atoms with van der Waals surface area (Å²) in [5, 5.41) is 3.74. The van der Waals surface area contributed by atoms with Gasteiger partial charge in [-0.05, 0) is 43.1 Å². The molecule has 1 fully saturated rings. The van der Waals surface area contributed by atoms with Gasteiger partial charge in [0.2, 0.25) is 0 Å². The maximum Gasteiger partial charge on any atom is 0.0779 e. The van der Waals surface area contributed by atoms with Crippen LogP contribution in [0.25, 0.3) is 10.9 Å². The Bertz CT molecular complexity index is 864. The second kappa shape index (κ2) is 6.92. The Labute approximate surface area is 159 Å². The third-order valence-corrected chi connectivity index (χ3v) is 6.55. The molecule has 1 aromatic heterocycles. The van der Waals surface area contributed by atoms with Gasteiger partial charge in [-0.15, -0.1) is 18.2 Å². The van der Waals surface area contributed by atoms with Gasteiger partial charge >= 0.3 is 0 Å². The van der Waals surface area contributed by atoms with Gasteiger partial charge in [0, 0.05) is 33.8 Å². The zero-order valence-electron chi connectivity index (χ0n) is 14.6. The fraction of sp³-hybridized carbons (Fsp3) is 0.381. The summed E-state index contributed by atoms with van der Waals surface area (Å²) in [4.78, 5) is 7.98. The zero-order chi connectivity index (χ0) is 18.2. The quantitative estimate of drug-likeness (QED) is 0.298. The Morgan fingerprint density at radius 3 is 2.84 bits per heavy atom. The molecule has 0 bridgehead atoms. The molecule has 4 heteroatoms. The van der Waals surface area contributed by atoms with Crippen molar-refractivity contribution in [3.05, 3.63) is 60.8 Å². The number of aromatic nitrogens is 1. The Hall–Kier alpha value is -1.67. The third-order valence-electron chi connectivity index (χ3n) is 5.79. The van der Waals surface area contributed by atoms with Crippen LogP contribution in [0.4, 0.5) is 0 Å². The number of benzene rings is 1. The van der Waals surface area contributed by atoms with Crippen molar-refractivity contribution in [2.24, 2.45) is 16.3 Å². The SMILES string of the molecule is C=C[C@]1(C)[C@@H](Cl)C[C@@H](C(=C)C)[C@H](c2c[nH]c3ccccc23)[C@@H]1N=C=S. The number of hydrogen-bond acceptors (Lipinski definition) is 2. The smallest absolute Gasteiger partial charge is 0.0779 e. The number of thiocarbonyl (C=S) groups is 1. The Kier molecular flexibility index (Phi) is 5.02. The third kappa shape index (κ3) is 2.91. The van der Waals surface area contributed by atoms with Gasteiger partial charge in [0.15, 0.2) is 0 Å². The molecule has 1 saturated carbocycles. The van der Waals surface area contributed by atoms with Crippen LogP contribution >= 0.6 is 23.8 Å². The number of rotatable bonds is 4. The van der Waals surface area contributed by atoms with Crippen LogP contribution < -0.4 is 0 Å². The molecule has 1 aromatic carbocycles. The van der Waals surface area contributed by atoms with Crippen molar-refractivity contribution < 1.29 is 0 Å². The number of fused-ring (bicyclic) bond motifs is 1. The maximum absolute atomic E-state index is 6.80. The number of nitrogens with zero attached hydrogens (tertiary/aromatic N) is 1. The molecule has 2 aromatic rings. The molecule has 0 amide bonds. The van der Waals surface area contributed by atoms with E-state index in [1.165, 1.54) is 10.9 Å². The molecule has 1 heterocycles. The average Bonchev–Trinajstić information content (AvgIpc) is 3.02. The van der Waals surface area contributed by atoms with Gasteiger partial charge < -0.3 is 4.98 Å². The zero-order valence-corrected chi connectivity index (χ0v) is 16.2. The van der Waals surface area contributed by atoms with Crippen LogP contribution in [0, 0.1) is 11.3 Å². The second-order valence-corrected chi connectivity index (χ2v) is 7.92. The molecule has 1 aliphatic rings. The Balaban J connectivity index is 2.24. The Morgan fingerprint density at radius 1 is 1.48 bits per heavy atom. The van der Waals surface area contributed by atoms with Crippen molar-refractivity contribution in [1.29, 1.82) is 0 Å². The van der Waals surface area contributed by atoms with Crippen LogP contribution in [0.2, 0.25) is 0 Å². The number of para-hydroxylation sites is 1. The summed E-state index contributed by atoms with van der Waals surface area (Å²) < 4.78 is 0. The molecule has 2 nitrogen and oxygen atoms in total. The van der Waals surface area contributed by atoms with E-state index in [-0.39, 0.29) is 28.7 Å². The van der Waals surface area contributed by atoms with Crippen molar-refractivity contribution >= 4 is 39.9 Å². The van der Waals surface area contributed by atoms with Crippen molar-refractivity contribution in [3.63, 3.8) is 0 Å². The summed E-state index contributed by atoms with van der Waals surface area (Å²) in [6.07, 6.45) is 4.87. The highest BCUT2D eigenvalue weighted by Crippen LogP contribution is 2.54. The van der Waals surface area contributed by atoms with Crippen molar-refractivity contribution in [3.8, 4) is 0 Å². The lowest BCUT2D eigenvalue weighted by Crippen LogP contribution is -2.49. The topological polar surface area (TPSA) is 28.1 Å². The van der Waals surface area contributed by atoms with E-state index >= 15 is 0 Å². The molecule has 0 radical (unpaired) electrons. The first kappa shape index (κ1) is 18.1. The first-order chi connectivity index (χ1) is 11.9. The lowest BCUT2D eigenvalue weighted by Gasteiger charge is -2.49. The molecule has 0 saturated heterocycles. The van der Waals surface area contributed by atoms with E-state index in [9.17, 15) is 0 Å². The number of aliphatic imine (C=N–C) groups is 1. The number of isothiocyanates is 1. The molecular weight excluding hydrogens is 348 g/mol. The molecule has 5 atom stereocenters. The normalized spacial score (nSPS) is 32.1. The number of halogens is 1. The van der Waals surface area contributed by atoms with E-state index < -0.39 is 0 Å².